The molecule has 3 heterocycles. The van der Waals surface area contributed by atoms with Gasteiger partial charge >= 0.3 is 0 Å². The van der Waals surface area contributed by atoms with Gasteiger partial charge in [-0.05, 0) is 43.5 Å². The van der Waals surface area contributed by atoms with E-state index in [4.69, 9.17) is 4.98 Å². The van der Waals surface area contributed by atoms with E-state index in [2.05, 4.69) is 21.3 Å². The number of hydrogen-bond donors (Lipinski definition) is 0. The SMILES string of the molecule is Fc1ccccc1-c1nnn2c1nc(N1CCCCC1)c1ccccc12. The number of rotatable bonds is 2. The maximum absolute atomic E-state index is 14.3. The highest BCUT2D eigenvalue weighted by molar-refractivity contribution is 5.93. The Balaban J connectivity index is 1.81. The molecule has 1 fully saturated rings. The Kier molecular flexibility index (Phi) is 3.55. The summed E-state index contributed by atoms with van der Waals surface area (Å²) in [6.45, 7) is 1.98. The van der Waals surface area contributed by atoms with Gasteiger partial charge in [-0.15, -0.1) is 5.10 Å². The lowest BCUT2D eigenvalue weighted by Crippen LogP contribution is -2.30. The van der Waals surface area contributed by atoms with E-state index in [1.807, 2.05) is 18.2 Å². The van der Waals surface area contributed by atoms with Crippen LogP contribution in [0.15, 0.2) is 48.5 Å². The first kappa shape index (κ1) is 15.3. The lowest BCUT2D eigenvalue weighted by Gasteiger charge is -2.28. The lowest BCUT2D eigenvalue weighted by molar-refractivity contribution is 0.575. The first-order chi connectivity index (χ1) is 12.8. The molecule has 0 N–H and O–H groups in total. The van der Waals surface area contributed by atoms with Gasteiger partial charge in [0.2, 0.25) is 0 Å². The quantitative estimate of drug-likeness (QED) is 0.548. The van der Waals surface area contributed by atoms with Gasteiger partial charge in [0.1, 0.15) is 17.3 Å². The zero-order chi connectivity index (χ0) is 17.5. The molecule has 0 bridgehead atoms. The van der Waals surface area contributed by atoms with Crippen molar-refractivity contribution < 1.29 is 4.39 Å². The lowest BCUT2D eigenvalue weighted by atomic mass is 10.1. The maximum Gasteiger partial charge on any atom is 0.186 e. The molecular weight excluding hydrogens is 329 g/mol. The second-order valence-corrected chi connectivity index (χ2v) is 6.65. The Morgan fingerprint density at radius 2 is 1.65 bits per heavy atom. The van der Waals surface area contributed by atoms with Crippen molar-refractivity contribution in [1.29, 1.82) is 0 Å². The third-order valence-corrected chi connectivity index (χ3v) is 5.02. The fourth-order valence-electron chi connectivity index (χ4n) is 3.72. The number of aromatic nitrogens is 4. The van der Waals surface area contributed by atoms with Gasteiger partial charge in [0.15, 0.2) is 5.65 Å². The third-order valence-electron chi connectivity index (χ3n) is 5.02. The summed E-state index contributed by atoms with van der Waals surface area (Å²) in [6.07, 6.45) is 3.59. The Bertz CT molecular complexity index is 1100. The second-order valence-electron chi connectivity index (χ2n) is 6.65. The van der Waals surface area contributed by atoms with E-state index in [1.54, 1.807) is 22.7 Å². The molecule has 1 aliphatic rings. The van der Waals surface area contributed by atoms with Crippen LogP contribution in [0.2, 0.25) is 0 Å². The van der Waals surface area contributed by atoms with Gasteiger partial charge in [0.05, 0.1) is 5.52 Å². The highest BCUT2D eigenvalue weighted by Gasteiger charge is 2.21. The fraction of sp³-hybridized carbons (Fsp3) is 0.250. The molecular formula is C20H18FN5. The largest absolute Gasteiger partial charge is 0.356 e. The smallest absolute Gasteiger partial charge is 0.186 e. The summed E-state index contributed by atoms with van der Waals surface area (Å²) in [5, 5.41) is 9.57. The number of fused-ring (bicyclic) bond motifs is 3. The molecule has 130 valence electrons. The summed E-state index contributed by atoms with van der Waals surface area (Å²) in [7, 11) is 0. The number of hydrogen-bond acceptors (Lipinski definition) is 4. The predicted molar refractivity (Wildman–Crippen MR) is 99.7 cm³/mol. The number of para-hydroxylation sites is 1. The summed E-state index contributed by atoms with van der Waals surface area (Å²) in [5.74, 6) is 0.622. The average Bonchev–Trinajstić information content (AvgIpc) is 3.12. The van der Waals surface area contributed by atoms with Crippen molar-refractivity contribution >= 4 is 22.4 Å². The molecule has 2 aromatic carbocycles. The summed E-state index contributed by atoms with van der Waals surface area (Å²) in [4.78, 5) is 7.23. The van der Waals surface area contributed by atoms with Crippen molar-refractivity contribution in [3.63, 3.8) is 0 Å². The van der Waals surface area contributed by atoms with Crippen LogP contribution in [0.3, 0.4) is 0 Å². The summed E-state index contributed by atoms with van der Waals surface area (Å²) >= 11 is 0. The van der Waals surface area contributed by atoms with Crippen LogP contribution >= 0.6 is 0 Å². The number of benzene rings is 2. The molecule has 0 atom stereocenters. The van der Waals surface area contributed by atoms with E-state index in [1.165, 1.54) is 25.3 Å². The molecule has 5 nitrogen and oxygen atoms in total. The first-order valence-corrected chi connectivity index (χ1v) is 8.97. The average molecular weight is 347 g/mol. The van der Waals surface area contributed by atoms with Crippen molar-refractivity contribution in [3.05, 3.63) is 54.3 Å². The molecule has 4 aromatic rings. The normalized spacial score (nSPS) is 15.0. The summed E-state index contributed by atoms with van der Waals surface area (Å²) in [5.41, 5.74) is 2.43. The molecule has 0 unspecified atom stereocenters. The van der Waals surface area contributed by atoms with E-state index >= 15 is 0 Å². The monoisotopic (exact) mass is 347 g/mol. The molecule has 0 amide bonds. The maximum atomic E-state index is 14.3. The van der Waals surface area contributed by atoms with Crippen molar-refractivity contribution in [2.75, 3.05) is 18.0 Å². The topological polar surface area (TPSA) is 46.3 Å². The van der Waals surface area contributed by atoms with E-state index in [-0.39, 0.29) is 5.82 Å². The number of halogens is 1. The molecule has 5 rings (SSSR count). The zero-order valence-electron chi connectivity index (χ0n) is 14.3. The van der Waals surface area contributed by atoms with E-state index in [9.17, 15) is 4.39 Å². The van der Waals surface area contributed by atoms with Crippen molar-refractivity contribution in [2.24, 2.45) is 0 Å². The Morgan fingerprint density at radius 1 is 0.885 bits per heavy atom. The van der Waals surface area contributed by atoms with Crippen molar-refractivity contribution in [2.45, 2.75) is 19.3 Å². The summed E-state index contributed by atoms with van der Waals surface area (Å²) in [6, 6.07) is 14.7. The minimum Gasteiger partial charge on any atom is -0.356 e. The second kappa shape index (κ2) is 6.05. The van der Waals surface area contributed by atoms with Crippen LogP contribution in [0, 0.1) is 5.82 Å². The summed E-state index contributed by atoms with van der Waals surface area (Å²) < 4.78 is 16.0. The van der Waals surface area contributed by atoms with Crippen LogP contribution in [-0.2, 0) is 0 Å². The van der Waals surface area contributed by atoms with Crippen LogP contribution in [0.4, 0.5) is 10.2 Å². The minimum absolute atomic E-state index is 0.315. The molecule has 1 saturated heterocycles. The molecule has 26 heavy (non-hydrogen) atoms. The standard InChI is InChI=1S/C20H18FN5/c21-16-10-4-2-8-14(16)18-20-22-19(25-12-6-1-7-13-25)15-9-3-5-11-17(15)26(20)24-23-18/h2-5,8-11H,1,6-7,12-13H2. The number of anilines is 1. The molecule has 6 heteroatoms. The number of nitrogens with zero attached hydrogens (tertiary/aromatic N) is 5. The Labute approximate surface area is 150 Å². The van der Waals surface area contributed by atoms with Crippen LogP contribution in [0.5, 0.6) is 0 Å². The van der Waals surface area contributed by atoms with E-state index < -0.39 is 0 Å². The van der Waals surface area contributed by atoms with Gasteiger partial charge in [0.25, 0.3) is 0 Å². The van der Waals surface area contributed by atoms with Crippen molar-refractivity contribution in [3.8, 4) is 11.3 Å². The molecule has 1 aliphatic heterocycles. The molecule has 0 radical (unpaired) electrons. The number of piperidine rings is 1. The van der Waals surface area contributed by atoms with Gasteiger partial charge in [-0.1, -0.05) is 29.5 Å². The van der Waals surface area contributed by atoms with E-state index in [0.29, 0.717) is 16.9 Å². The highest BCUT2D eigenvalue weighted by atomic mass is 19.1. The first-order valence-electron chi connectivity index (χ1n) is 8.97. The van der Waals surface area contributed by atoms with Crippen molar-refractivity contribution in [1.82, 2.24) is 19.8 Å². The molecule has 0 aliphatic carbocycles. The van der Waals surface area contributed by atoms with Crippen LogP contribution in [-0.4, -0.2) is 32.9 Å². The Morgan fingerprint density at radius 3 is 2.50 bits per heavy atom. The zero-order valence-corrected chi connectivity index (χ0v) is 14.3. The Hall–Kier alpha value is -3.02. The van der Waals surface area contributed by atoms with Crippen LogP contribution < -0.4 is 4.90 Å². The van der Waals surface area contributed by atoms with Crippen LogP contribution in [0.1, 0.15) is 19.3 Å². The molecule has 2 aromatic heterocycles. The highest BCUT2D eigenvalue weighted by Crippen LogP contribution is 2.31. The third kappa shape index (κ3) is 2.33. The molecule has 0 spiro atoms. The van der Waals surface area contributed by atoms with Crippen LogP contribution in [0.25, 0.3) is 27.8 Å². The van der Waals surface area contributed by atoms with Gasteiger partial charge in [-0.3, -0.25) is 0 Å². The van der Waals surface area contributed by atoms with E-state index in [0.717, 1.165) is 29.8 Å². The fourth-order valence-corrected chi connectivity index (χ4v) is 3.72. The van der Waals surface area contributed by atoms with Gasteiger partial charge in [0, 0.05) is 24.0 Å². The van der Waals surface area contributed by atoms with Gasteiger partial charge in [-0.2, -0.15) is 4.52 Å². The minimum atomic E-state index is -0.315. The predicted octanol–water partition coefficient (Wildman–Crippen LogP) is 4.07. The van der Waals surface area contributed by atoms with Gasteiger partial charge < -0.3 is 4.90 Å². The molecule has 0 saturated carbocycles. The van der Waals surface area contributed by atoms with Gasteiger partial charge in [-0.25, -0.2) is 9.37 Å².